The molecule has 0 aromatic heterocycles. The number of imide groups is 2. The van der Waals surface area contributed by atoms with Gasteiger partial charge in [0.15, 0.2) is 0 Å². The summed E-state index contributed by atoms with van der Waals surface area (Å²) in [4.78, 5) is 52.7. The van der Waals surface area contributed by atoms with Crippen molar-refractivity contribution in [2.24, 2.45) is 0 Å². The average Bonchev–Trinajstić information content (AvgIpc) is 3.10. The standard InChI is InChI=1S/C26H25F2N3O5/c27-22(28)16-3-1-2-15(12-16)14-30-10-8-26(36,9-11-30)17-4-5-18-19(13-17)25(35)31(24(18)34)20-6-7-21(32)29-23(20)33/h1-5,12-13,20,22,36H,6-11,14H2,(H,29,32,33). The van der Waals surface area contributed by atoms with Crippen LogP contribution in [0.5, 0.6) is 0 Å². The first-order valence-electron chi connectivity index (χ1n) is 11.8. The van der Waals surface area contributed by atoms with Crippen LogP contribution in [0.2, 0.25) is 0 Å². The Kier molecular flexibility index (Phi) is 6.17. The van der Waals surface area contributed by atoms with E-state index in [0.717, 1.165) is 10.5 Å². The second-order valence-corrected chi connectivity index (χ2v) is 9.56. The molecule has 1 atom stereocenters. The number of halogens is 2. The van der Waals surface area contributed by atoms with E-state index >= 15 is 0 Å². The summed E-state index contributed by atoms with van der Waals surface area (Å²) in [7, 11) is 0. The Hall–Kier alpha value is -3.50. The van der Waals surface area contributed by atoms with Crippen molar-refractivity contribution in [3.8, 4) is 0 Å². The maximum atomic E-state index is 13.1. The average molecular weight is 497 g/mol. The summed E-state index contributed by atoms with van der Waals surface area (Å²) in [6.45, 7) is 1.51. The molecule has 3 aliphatic heterocycles. The lowest BCUT2D eigenvalue weighted by Crippen LogP contribution is -2.54. The number of nitrogens with one attached hydrogen (secondary N) is 1. The third-order valence-electron chi connectivity index (χ3n) is 7.27. The van der Waals surface area contributed by atoms with Crippen LogP contribution in [0.4, 0.5) is 8.78 Å². The monoisotopic (exact) mass is 497 g/mol. The van der Waals surface area contributed by atoms with Crippen LogP contribution in [0.25, 0.3) is 0 Å². The van der Waals surface area contributed by atoms with Crippen molar-refractivity contribution < 1.29 is 33.1 Å². The van der Waals surface area contributed by atoms with Gasteiger partial charge in [-0.3, -0.25) is 34.3 Å². The zero-order valence-electron chi connectivity index (χ0n) is 19.4. The molecule has 10 heteroatoms. The fourth-order valence-electron chi connectivity index (χ4n) is 5.22. The minimum absolute atomic E-state index is 0.0234. The number of amides is 4. The van der Waals surface area contributed by atoms with Crippen molar-refractivity contribution in [3.63, 3.8) is 0 Å². The Labute approximate surface area is 205 Å². The smallest absolute Gasteiger partial charge is 0.263 e. The molecular formula is C26H25F2N3O5. The van der Waals surface area contributed by atoms with E-state index in [-0.39, 0.29) is 29.5 Å². The van der Waals surface area contributed by atoms with Crippen molar-refractivity contribution in [2.45, 2.75) is 50.3 Å². The Morgan fingerprint density at radius 1 is 1.00 bits per heavy atom. The van der Waals surface area contributed by atoms with Gasteiger partial charge in [0.25, 0.3) is 18.2 Å². The minimum Gasteiger partial charge on any atom is -0.385 e. The summed E-state index contributed by atoms with van der Waals surface area (Å²) in [6.07, 6.45) is -1.70. The summed E-state index contributed by atoms with van der Waals surface area (Å²) < 4.78 is 26.0. The number of rotatable bonds is 5. The number of likely N-dealkylation sites (tertiary alicyclic amines) is 1. The molecule has 0 aliphatic carbocycles. The number of aliphatic hydroxyl groups is 1. The van der Waals surface area contributed by atoms with E-state index in [1.165, 1.54) is 24.3 Å². The second kappa shape index (κ2) is 9.18. The number of hydrogen-bond acceptors (Lipinski definition) is 6. The molecule has 3 heterocycles. The fourth-order valence-corrected chi connectivity index (χ4v) is 5.22. The third kappa shape index (κ3) is 4.31. The van der Waals surface area contributed by atoms with Gasteiger partial charge in [0.1, 0.15) is 6.04 Å². The molecule has 2 aromatic carbocycles. The molecule has 2 aromatic rings. The van der Waals surface area contributed by atoms with Crippen molar-refractivity contribution in [2.75, 3.05) is 13.1 Å². The zero-order chi connectivity index (χ0) is 25.6. The van der Waals surface area contributed by atoms with Gasteiger partial charge in [-0.15, -0.1) is 0 Å². The van der Waals surface area contributed by atoms with Gasteiger partial charge in [-0.25, -0.2) is 8.78 Å². The number of alkyl halides is 2. The highest BCUT2D eigenvalue weighted by Crippen LogP contribution is 2.37. The van der Waals surface area contributed by atoms with Crippen LogP contribution in [0.1, 0.15) is 69.5 Å². The van der Waals surface area contributed by atoms with Gasteiger partial charge in [0.05, 0.1) is 16.7 Å². The number of hydrogen-bond donors (Lipinski definition) is 2. The second-order valence-electron chi connectivity index (χ2n) is 9.56. The van der Waals surface area contributed by atoms with Gasteiger partial charge < -0.3 is 5.11 Å². The lowest BCUT2D eigenvalue weighted by molar-refractivity contribution is -0.136. The van der Waals surface area contributed by atoms with Crippen LogP contribution in [0.3, 0.4) is 0 Å². The Balaban J connectivity index is 1.29. The van der Waals surface area contributed by atoms with Crippen LogP contribution in [0.15, 0.2) is 42.5 Å². The first kappa shape index (κ1) is 24.2. The largest absolute Gasteiger partial charge is 0.385 e. The topological polar surface area (TPSA) is 107 Å². The fraction of sp³-hybridized carbons (Fsp3) is 0.385. The van der Waals surface area contributed by atoms with Crippen LogP contribution in [-0.2, 0) is 21.7 Å². The molecule has 0 radical (unpaired) electrons. The number of nitrogens with zero attached hydrogens (tertiary/aromatic N) is 2. The lowest BCUT2D eigenvalue weighted by atomic mass is 9.83. The van der Waals surface area contributed by atoms with Gasteiger partial charge in [-0.2, -0.15) is 0 Å². The maximum absolute atomic E-state index is 13.1. The number of carbonyl (C=O) groups excluding carboxylic acids is 4. The Morgan fingerprint density at radius 2 is 1.72 bits per heavy atom. The van der Waals surface area contributed by atoms with E-state index < -0.39 is 41.7 Å². The predicted octanol–water partition coefficient (Wildman–Crippen LogP) is 2.51. The van der Waals surface area contributed by atoms with E-state index in [1.807, 2.05) is 0 Å². The molecule has 5 rings (SSSR count). The van der Waals surface area contributed by atoms with Gasteiger partial charge in [-0.1, -0.05) is 24.3 Å². The quantitative estimate of drug-likeness (QED) is 0.615. The first-order chi connectivity index (χ1) is 17.2. The molecule has 8 nitrogen and oxygen atoms in total. The number of carbonyl (C=O) groups is 4. The van der Waals surface area contributed by atoms with Gasteiger partial charge in [0, 0.05) is 31.6 Å². The molecule has 2 fully saturated rings. The number of piperidine rings is 2. The molecule has 188 valence electrons. The highest BCUT2D eigenvalue weighted by Gasteiger charge is 2.45. The van der Waals surface area contributed by atoms with Gasteiger partial charge >= 0.3 is 0 Å². The number of fused-ring (bicyclic) bond motifs is 1. The summed E-state index contributed by atoms with van der Waals surface area (Å²) in [5, 5.41) is 13.5. The van der Waals surface area contributed by atoms with Crippen LogP contribution in [0, 0.1) is 0 Å². The number of benzene rings is 2. The summed E-state index contributed by atoms with van der Waals surface area (Å²) in [5.41, 5.74) is 0.321. The summed E-state index contributed by atoms with van der Waals surface area (Å²) in [6, 6.07) is 9.88. The normalized spacial score (nSPS) is 22.2. The maximum Gasteiger partial charge on any atom is 0.263 e. The SMILES string of the molecule is O=C1CCC(N2C(=O)c3ccc(C4(O)CCN(Cc5cccc(C(F)F)c5)CC4)cc3C2=O)C(=O)N1. The highest BCUT2D eigenvalue weighted by atomic mass is 19.3. The van der Waals surface area contributed by atoms with Gasteiger partial charge in [0.2, 0.25) is 11.8 Å². The molecular weight excluding hydrogens is 472 g/mol. The molecule has 0 saturated carbocycles. The van der Waals surface area contributed by atoms with Crippen molar-refractivity contribution in [3.05, 3.63) is 70.3 Å². The molecule has 36 heavy (non-hydrogen) atoms. The molecule has 0 bridgehead atoms. The Bertz CT molecular complexity index is 1260. The van der Waals surface area contributed by atoms with E-state index in [9.17, 15) is 33.1 Å². The lowest BCUT2D eigenvalue weighted by Gasteiger charge is -2.38. The zero-order valence-corrected chi connectivity index (χ0v) is 19.4. The van der Waals surface area contributed by atoms with E-state index in [0.29, 0.717) is 38.0 Å². The van der Waals surface area contributed by atoms with Crippen molar-refractivity contribution >= 4 is 23.6 Å². The van der Waals surface area contributed by atoms with Crippen LogP contribution >= 0.6 is 0 Å². The predicted molar refractivity (Wildman–Crippen MR) is 123 cm³/mol. The molecule has 2 N–H and O–H groups in total. The molecule has 3 aliphatic rings. The van der Waals surface area contributed by atoms with E-state index in [1.54, 1.807) is 18.2 Å². The van der Waals surface area contributed by atoms with E-state index in [2.05, 4.69) is 10.2 Å². The Morgan fingerprint density at radius 3 is 2.42 bits per heavy atom. The minimum atomic E-state index is -2.53. The molecule has 4 amide bonds. The van der Waals surface area contributed by atoms with E-state index in [4.69, 9.17) is 0 Å². The van der Waals surface area contributed by atoms with Crippen molar-refractivity contribution in [1.29, 1.82) is 0 Å². The molecule has 2 saturated heterocycles. The highest BCUT2D eigenvalue weighted by molar-refractivity contribution is 6.23. The van der Waals surface area contributed by atoms with Crippen LogP contribution < -0.4 is 5.32 Å². The molecule has 1 unspecified atom stereocenters. The van der Waals surface area contributed by atoms with Crippen LogP contribution in [-0.4, -0.2) is 57.7 Å². The first-order valence-corrected chi connectivity index (χ1v) is 11.8. The summed E-state index contributed by atoms with van der Waals surface area (Å²) in [5.74, 6) is -2.33. The van der Waals surface area contributed by atoms with Crippen molar-refractivity contribution in [1.82, 2.24) is 15.1 Å². The summed E-state index contributed by atoms with van der Waals surface area (Å²) >= 11 is 0. The third-order valence-corrected chi connectivity index (χ3v) is 7.27. The van der Waals surface area contributed by atoms with Gasteiger partial charge in [-0.05, 0) is 48.6 Å². The molecule has 0 spiro atoms.